The van der Waals surface area contributed by atoms with E-state index in [1.807, 2.05) is 111 Å². The number of benzene rings is 3. The molecule has 1 N–H and O–H groups in total. The van der Waals surface area contributed by atoms with E-state index in [0.717, 1.165) is 38.8 Å². The fraction of sp³-hybridized carbons (Fsp3) is 0.500. The number of fused-ring (bicyclic) bond motifs is 1. The fourth-order valence-corrected chi connectivity index (χ4v) is 11.2. The SMILES string of the molecule is CCCCN(/C=N/c1nc2c(ncn2[C@@H]2O[C@H](COC(c3ccccc3)(c3ccc(OC)cc3)c3ccc(OC)cc3)[C@@H](OP(OCCC#N)N(C(C)C)C(C)C)[C@H]2SC(F)(F)F)c(=O)[nH]1)CCCC. The minimum atomic E-state index is -4.80. The van der Waals surface area contributed by atoms with E-state index in [-0.39, 0.29) is 60.6 Å². The molecule has 1 aliphatic heterocycles. The first-order valence-electron chi connectivity index (χ1n) is 23.6. The van der Waals surface area contributed by atoms with Gasteiger partial charge in [0, 0.05) is 25.2 Å². The number of nitrogens with zero attached hydrogens (tertiary/aromatic N) is 7. The number of aromatic amines is 1. The van der Waals surface area contributed by atoms with Crippen LogP contribution < -0.4 is 15.0 Å². The summed E-state index contributed by atoms with van der Waals surface area (Å²) in [5.74, 6) is 1.16. The average Bonchev–Trinajstić information content (AvgIpc) is 3.92. The van der Waals surface area contributed by atoms with Crippen molar-refractivity contribution in [3.63, 3.8) is 0 Å². The Bertz CT molecular complexity index is 2460. The zero-order chi connectivity index (χ0) is 50.4. The van der Waals surface area contributed by atoms with Crippen LogP contribution in [-0.2, 0) is 24.1 Å². The van der Waals surface area contributed by atoms with Crippen LogP contribution in [0.2, 0.25) is 0 Å². The van der Waals surface area contributed by atoms with Crippen LogP contribution in [0, 0.1) is 11.3 Å². The number of methoxy groups -OCH3 is 2. The maximum atomic E-state index is 15.2. The van der Waals surface area contributed by atoms with Gasteiger partial charge in [-0.3, -0.25) is 14.3 Å². The lowest BCUT2D eigenvalue weighted by Crippen LogP contribution is -2.42. The number of unbranched alkanes of at least 4 members (excludes halogenated alkanes) is 2. The highest BCUT2D eigenvalue weighted by atomic mass is 32.2. The lowest BCUT2D eigenvalue weighted by atomic mass is 9.80. The van der Waals surface area contributed by atoms with E-state index in [1.165, 1.54) is 10.9 Å². The van der Waals surface area contributed by atoms with Gasteiger partial charge in [0.05, 0.1) is 57.8 Å². The number of halogens is 3. The normalized spacial score (nSPS) is 18.1. The van der Waals surface area contributed by atoms with E-state index in [2.05, 4.69) is 44.8 Å². The van der Waals surface area contributed by atoms with Gasteiger partial charge in [0.25, 0.3) is 14.1 Å². The summed E-state index contributed by atoms with van der Waals surface area (Å²) in [5, 5.41) is 7.96. The van der Waals surface area contributed by atoms with Crippen LogP contribution in [0.4, 0.5) is 19.1 Å². The number of H-pyrrole nitrogens is 1. The molecular weight excluding hydrogens is 945 g/mol. The molecule has 0 radical (unpaired) electrons. The summed E-state index contributed by atoms with van der Waals surface area (Å²) in [5.41, 5.74) is -4.87. The van der Waals surface area contributed by atoms with Gasteiger partial charge in [-0.05, 0) is 93.3 Å². The van der Waals surface area contributed by atoms with Crippen molar-refractivity contribution in [2.75, 3.05) is 40.5 Å². The Kier molecular flexibility index (Phi) is 19.7. The van der Waals surface area contributed by atoms with Gasteiger partial charge in [-0.2, -0.15) is 23.4 Å². The number of nitriles is 1. The fourth-order valence-electron chi connectivity index (χ4n) is 8.40. The summed E-state index contributed by atoms with van der Waals surface area (Å²) >= 11 is -0.290. The van der Waals surface area contributed by atoms with Crippen LogP contribution in [0.3, 0.4) is 0 Å². The number of thioether (sulfide) groups is 1. The molecule has 0 bridgehead atoms. The number of aromatic nitrogens is 4. The van der Waals surface area contributed by atoms with E-state index in [4.69, 9.17) is 28.0 Å². The van der Waals surface area contributed by atoms with E-state index in [9.17, 15) is 10.1 Å². The smallest absolute Gasteiger partial charge is 0.442 e. The Hall–Kier alpha value is -5.06. The average molecular weight is 1010 g/mol. The van der Waals surface area contributed by atoms with Crippen molar-refractivity contribution in [1.82, 2.24) is 29.1 Å². The Morgan fingerprint density at radius 2 is 1.51 bits per heavy atom. The van der Waals surface area contributed by atoms with E-state index in [1.54, 1.807) is 20.6 Å². The predicted molar refractivity (Wildman–Crippen MR) is 267 cm³/mol. The molecule has 378 valence electrons. The molecule has 0 amide bonds. The van der Waals surface area contributed by atoms with Crippen molar-refractivity contribution in [1.29, 1.82) is 5.26 Å². The second kappa shape index (κ2) is 25.4. The quantitative estimate of drug-likeness (QED) is 0.0183. The summed E-state index contributed by atoms with van der Waals surface area (Å²) in [7, 11) is 1.02. The highest BCUT2D eigenvalue weighted by molar-refractivity contribution is 8.00. The molecule has 3 aromatic carbocycles. The Morgan fingerprint density at radius 3 is 2.04 bits per heavy atom. The van der Waals surface area contributed by atoms with Gasteiger partial charge in [-0.15, -0.1) is 0 Å². The molecule has 5 atom stereocenters. The predicted octanol–water partition coefficient (Wildman–Crippen LogP) is 10.9. The molecule has 1 fully saturated rings. The van der Waals surface area contributed by atoms with Crippen LogP contribution in [0.15, 0.2) is 95.0 Å². The molecule has 2 aromatic heterocycles. The third kappa shape index (κ3) is 13.3. The summed E-state index contributed by atoms with van der Waals surface area (Å²) < 4.78 is 87.3. The van der Waals surface area contributed by atoms with Crippen molar-refractivity contribution < 1.29 is 41.2 Å². The minimum Gasteiger partial charge on any atom is -0.497 e. The number of ether oxygens (including phenoxy) is 4. The molecule has 1 saturated heterocycles. The summed E-state index contributed by atoms with van der Waals surface area (Å²) in [4.78, 5) is 31.9. The molecular formula is C50H64F3N8O7PS. The van der Waals surface area contributed by atoms with Gasteiger partial charge in [0.2, 0.25) is 5.95 Å². The van der Waals surface area contributed by atoms with Crippen molar-refractivity contribution >= 4 is 43.7 Å². The second-order valence-electron chi connectivity index (χ2n) is 17.2. The van der Waals surface area contributed by atoms with Gasteiger partial charge >= 0.3 is 5.51 Å². The number of hydrogen-bond acceptors (Lipinski definition) is 13. The van der Waals surface area contributed by atoms with E-state index < -0.39 is 48.9 Å². The van der Waals surface area contributed by atoms with E-state index in [0.29, 0.717) is 28.2 Å². The van der Waals surface area contributed by atoms with Crippen LogP contribution in [-0.4, -0.2) is 111 Å². The standard InChI is InChI=1S/C50H64F3N8O7PS/c1-9-11-28-59(29-12-10-2)32-56-48-57-45-42(46(62)58-48)55-33-60(45)47-44(70-50(51,52)53)43(68-69(66-30-16-27-54)61(34(3)4)35(5)6)41(67-47)31-65-49(36-17-14-13-15-18-36,37-19-23-39(63-7)24-20-37)38-21-25-40(64-8)26-22-38/h13-15,17-26,32-35,41,43-44,47H,9-12,16,28-31H2,1-8H3,(H,57,58,62)/b56-32+/t41-,43-,44-,47-,69?/m1/s1. The molecule has 1 unspecified atom stereocenters. The van der Waals surface area contributed by atoms with Crippen molar-refractivity contribution in [3.8, 4) is 17.6 Å². The van der Waals surface area contributed by atoms with Crippen LogP contribution >= 0.6 is 20.3 Å². The molecule has 0 spiro atoms. The van der Waals surface area contributed by atoms with Crippen molar-refractivity contribution in [3.05, 3.63) is 112 Å². The highest BCUT2D eigenvalue weighted by Gasteiger charge is 2.54. The lowest BCUT2D eigenvalue weighted by Gasteiger charge is -2.39. The summed E-state index contributed by atoms with van der Waals surface area (Å²) in [6.07, 6.45) is 2.65. The molecule has 5 aromatic rings. The number of alkyl halides is 3. The van der Waals surface area contributed by atoms with Gasteiger partial charge in [0.1, 0.15) is 29.3 Å². The third-order valence-corrected chi connectivity index (χ3v) is 14.9. The van der Waals surface area contributed by atoms with Gasteiger partial charge in [-0.25, -0.2) is 14.6 Å². The van der Waals surface area contributed by atoms with Crippen LogP contribution in [0.1, 0.15) is 96.6 Å². The first-order valence-corrected chi connectivity index (χ1v) is 25.6. The van der Waals surface area contributed by atoms with Crippen molar-refractivity contribution in [2.24, 2.45) is 4.99 Å². The number of hydrogen-bond donors (Lipinski definition) is 1. The molecule has 1 aliphatic rings. The maximum absolute atomic E-state index is 15.2. The molecule has 20 heteroatoms. The first-order chi connectivity index (χ1) is 33.7. The maximum Gasteiger partial charge on any atom is 0.442 e. The zero-order valence-electron chi connectivity index (χ0n) is 41.0. The Labute approximate surface area is 413 Å². The zero-order valence-corrected chi connectivity index (χ0v) is 42.7. The number of rotatable bonds is 26. The molecule has 0 aliphatic carbocycles. The first kappa shape index (κ1) is 54.3. The molecule has 70 heavy (non-hydrogen) atoms. The van der Waals surface area contributed by atoms with Crippen LogP contribution in [0.25, 0.3) is 11.2 Å². The summed E-state index contributed by atoms with van der Waals surface area (Å²) in [6, 6.07) is 26.0. The minimum absolute atomic E-state index is 0.0215. The third-order valence-electron chi connectivity index (χ3n) is 11.7. The molecule has 0 saturated carbocycles. The molecule has 6 rings (SSSR count). The Morgan fingerprint density at radius 1 is 0.929 bits per heavy atom. The van der Waals surface area contributed by atoms with E-state index >= 15 is 13.2 Å². The van der Waals surface area contributed by atoms with Gasteiger partial charge < -0.3 is 32.9 Å². The number of imidazole rings is 1. The topological polar surface area (TPSA) is 162 Å². The largest absolute Gasteiger partial charge is 0.497 e. The summed E-state index contributed by atoms with van der Waals surface area (Å²) in [6.45, 7) is 13.1. The highest BCUT2D eigenvalue weighted by Crippen LogP contribution is 2.55. The molecule has 3 heterocycles. The monoisotopic (exact) mass is 1010 g/mol. The van der Waals surface area contributed by atoms with Gasteiger partial charge in [-0.1, -0.05) is 81.3 Å². The van der Waals surface area contributed by atoms with Crippen molar-refractivity contribution in [2.45, 2.75) is 121 Å². The second-order valence-corrected chi connectivity index (χ2v) is 19.9. The Balaban J connectivity index is 1.53. The number of nitrogens with one attached hydrogen (secondary N) is 1. The van der Waals surface area contributed by atoms with Gasteiger partial charge in [0.15, 0.2) is 17.4 Å². The lowest BCUT2D eigenvalue weighted by molar-refractivity contribution is -0.0912. The number of aliphatic imine (C=N–C) groups is 1. The van der Waals surface area contributed by atoms with Crippen LogP contribution in [0.5, 0.6) is 11.5 Å². The molecule has 15 nitrogen and oxygen atoms in total.